The highest BCUT2D eigenvalue weighted by molar-refractivity contribution is 7.39. The number of imide groups is 1. The number of benzene rings is 1. The number of hydrogen-bond donors (Lipinski definition) is 1. The van der Waals surface area contributed by atoms with E-state index in [0.29, 0.717) is 11.1 Å². The van der Waals surface area contributed by atoms with Crippen molar-refractivity contribution in [1.82, 2.24) is 10.2 Å². The number of fused-ring (bicyclic) bond motifs is 1. The van der Waals surface area contributed by atoms with Crippen LogP contribution in [0.25, 0.3) is 0 Å². The molecule has 5 nitrogen and oxygen atoms in total. The van der Waals surface area contributed by atoms with E-state index >= 15 is 0 Å². The van der Waals surface area contributed by atoms with E-state index in [-0.39, 0.29) is 30.6 Å². The van der Waals surface area contributed by atoms with Crippen LogP contribution in [-0.4, -0.2) is 35.5 Å². The zero-order valence-electron chi connectivity index (χ0n) is 9.90. The van der Waals surface area contributed by atoms with Gasteiger partial charge in [0.25, 0.3) is 11.8 Å². The minimum atomic E-state index is -0.298. The molecular weight excluding hydrogens is 251 g/mol. The quantitative estimate of drug-likeness (QED) is 0.658. The molecule has 0 saturated heterocycles. The summed E-state index contributed by atoms with van der Waals surface area (Å²) < 4.78 is 0. The van der Waals surface area contributed by atoms with Crippen molar-refractivity contribution in [3.05, 3.63) is 34.9 Å². The summed E-state index contributed by atoms with van der Waals surface area (Å²) in [6, 6.07) is 5.18. The Balaban J connectivity index is 2.15. The van der Waals surface area contributed by atoms with Crippen molar-refractivity contribution in [2.75, 3.05) is 13.1 Å². The molecule has 6 heteroatoms. The maximum absolute atomic E-state index is 12.0. The van der Waals surface area contributed by atoms with Gasteiger partial charge < -0.3 is 5.32 Å². The van der Waals surface area contributed by atoms with Crippen LogP contribution >= 0.6 is 9.24 Å². The van der Waals surface area contributed by atoms with Crippen LogP contribution in [0.5, 0.6) is 0 Å². The summed E-state index contributed by atoms with van der Waals surface area (Å²) in [4.78, 5) is 35.9. The molecule has 1 aliphatic heterocycles. The molecule has 0 spiro atoms. The van der Waals surface area contributed by atoms with Gasteiger partial charge in [-0.2, -0.15) is 0 Å². The fourth-order valence-electron chi connectivity index (χ4n) is 1.90. The molecule has 1 aromatic rings. The third-order valence-corrected chi connectivity index (χ3v) is 2.96. The Morgan fingerprint density at radius 3 is 2.61 bits per heavy atom. The SMILES string of the molecule is Cc1ccc2c(c1)C(=O)N(CCNC(=O)P)C2=O. The highest BCUT2D eigenvalue weighted by atomic mass is 31.0. The first-order valence-corrected chi connectivity index (χ1v) is 6.08. The summed E-state index contributed by atoms with van der Waals surface area (Å²) in [6.07, 6.45) is 0. The monoisotopic (exact) mass is 264 g/mol. The maximum atomic E-state index is 12.0. The fourth-order valence-corrected chi connectivity index (χ4v) is 2.04. The standard InChI is InChI=1S/C12H13N2O3P/c1-7-2-3-8-9(6-7)11(16)14(10(8)15)5-4-13-12(17)18/h2-3,6H,4-5,18H2,1H3,(H,13,17). The van der Waals surface area contributed by atoms with Crippen molar-refractivity contribution in [2.45, 2.75) is 6.92 Å². The lowest BCUT2D eigenvalue weighted by Crippen LogP contribution is -2.36. The summed E-state index contributed by atoms with van der Waals surface area (Å²) >= 11 is 0. The second-order valence-electron chi connectivity index (χ2n) is 4.10. The highest BCUT2D eigenvalue weighted by Crippen LogP contribution is 2.23. The molecule has 0 aromatic heterocycles. The molecule has 18 heavy (non-hydrogen) atoms. The van der Waals surface area contributed by atoms with Gasteiger partial charge in [0.15, 0.2) is 0 Å². The van der Waals surface area contributed by atoms with Crippen LogP contribution in [0.2, 0.25) is 0 Å². The number of nitrogens with zero attached hydrogens (tertiary/aromatic N) is 1. The van der Waals surface area contributed by atoms with Crippen molar-refractivity contribution in [3.63, 3.8) is 0 Å². The average molecular weight is 264 g/mol. The molecule has 3 amide bonds. The summed E-state index contributed by atoms with van der Waals surface area (Å²) in [6.45, 7) is 2.31. The first-order valence-electron chi connectivity index (χ1n) is 5.51. The van der Waals surface area contributed by atoms with Crippen molar-refractivity contribution in [2.24, 2.45) is 0 Å². The van der Waals surface area contributed by atoms with E-state index in [0.717, 1.165) is 10.5 Å². The highest BCUT2D eigenvalue weighted by Gasteiger charge is 2.34. The van der Waals surface area contributed by atoms with Gasteiger partial charge in [-0.05, 0) is 28.3 Å². The number of carbonyl (C=O) groups excluding carboxylic acids is 3. The van der Waals surface area contributed by atoms with Gasteiger partial charge in [0.1, 0.15) is 0 Å². The van der Waals surface area contributed by atoms with Crippen LogP contribution in [0, 0.1) is 6.92 Å². The van der Waals surface area contributed by atoms with Gasteiger partial charge in [0.05, 0.1) is 11.1 Å². The number of rotatable bonds is 3. The predicted molar refractivity (Wildman–Crippen MR) is 69.7 cm³/mol. The van der Waals surface area contributed by atoms with Crippen molar-refractivity contribution in [3.8, 4) is 0 Å². The Kier molecular flexibility index (Phi) is 3.43. The molecule has 94 valence electrons. The van der Waals surface area contributed by atoms with E-state index in [1.165, 1.54) is 0 Å². The number of aryl methyl sites for hydroxylation is 1. The molecule has 1 heterocycles. The molecule has 0 fully saturated rings. The molecule has 1 unspecified atom stereocenters. The molecule has 0 aliphatic carbocycles. The second-order valence-corrected chi connectivity index (χ2v) is 4.63. The zero-order chi connectivity index (χ0) is 13.3. The van der Waals surface area contributed by atoms with Crippen LogP contribution < -0.4 is 5.32 Å². The van der Waals surface area contributed by atoms with Crippen molar-refractivity contribution in [1.29, 1.82) is 0 Å². The Hall–Kier alpha value is -1.74. The van der Waals surface area contributed by atoms with Gasteiger partial charge in [0.2, 0.25) is 5.65 Å². The summed E-state index contributed by atoms with van der Waals surface area (Å²) in [5.74, 6) is -0.593. The van der Waals surface area contributed by atoms with E-state index in [1.807, 2.05) is 16.2 Å². The van der Waals surface area contributed by atoms with Gasteiger partial charge in [-0.15, -0.1) is 0 Å². The van der Waals surface area contributed by atoms with Crippen molar-refractivity contribution >= 4 is 26.7 Å². The molecule has 2 rings (SSSR count). The van der Waals surface area contributed by atoms with E-state index in [1.54, 1.807) is 18.2 Å². The molecule has 1 aliphatic rings. The van der Waals surface area contributed by atoms with E-state index in [9.17, 15) is 14.4 Å². The fraction of sp³-hybridized carbons (Fsp3) is 0.250. The molecular formula is C12H13N2O3P. The second kappa shape index (κ2) is 4.86. The van der Waals surface area contributed by atoms with Crippen LogP contribution in [0.1, 0.15) is 26.3 Å². The van der Waals surface area contributed by atoms with E-state index in [4.69, 9.17) is 0 Å². The van der Waals surface area contributed by atoms with Gasteiger partial charge in [-0.25, -0.2) is 0 Å². The molecule has 0 radical (unpaired) electrons. The number of amides is 3. The lowest BCUT2D eigenvalue weighted by Gasteiger charge is -2.13. The largest absolute Gasteiger partial charge is 0.351 e. The van der Waals surface area contributed by atoms with Gasteiger partial charge >= 0.3 is 0 Å². The Morgan fingerprint density at radius 1 is 1.28 bits per heavy atom. The van der Waals surface area contributed by atoms with Crippen LogP contribution in [0.3, 0.4) is 0 Å². The third-order valence-electron chi connectivity index (χ3n) is 2.76. The zero-order valence-corrected chi connectivity index (χ0v) is 11.1. The summed E-state index contributed by atoms with van der Waals surface area (Å²) in [7, 11) is 1.98. The Bertz CT molecular complexity index is 542. The molecule has 0 saturated carbocycles. The minimum absolute atomic E-state index is 0.186. The maximum Gasteiger partial charge on any atom is 0.261 e. The first-order chi connectivity index (χ1) is 8.50. The predicted octanol–water partition coefficient (Wildman–Crippen LogP) is 1.18. The summed E-state index contributed by atoms with van der Waals surface area (Å²) in [5, 5.41) is 2.53. The Morgan fingerprint density at radius 2 is 1.94 bits per heavy atom. The smallest absolute Gasteiger partial charge is 0.261 e. The van der Waals surface area contributed by atoms with Gasteiger partial charge in [-0.3, -0.25) is 19.3 Å². The topological polar surface area (TPSA) is 66.5 Å². The average Bonchev–Trinajstić information content (AvgIpc) is 2.53. The number of hydrogen-bond acceptors (Lipinski definition) is 3. The number of nitrogens with one attached hydrogen (secondary N) is 1. The minimum Gasteiger partial charge on any atom is -0.351 e. The van der Waals surface area contributed by atoms with Crippen LogP contribution in [0.15, 0.2) is 18.2 Å². The molecule has 0 bridgehead atoms. The van der Waals surface area contributed by atoms with E-state index in [2.05, 4.69) is 5.32 Å². The lowest BCUT2D eigenvalue weighted by molar-refractivity contribution is 0.0656. The molecule has 1 N–H and O–H groups in total. The van der Waals surface area contributed by atoms with E-state index < -0.39 is 0 Å². The first kappa shape index (κ1) is 12.7. The lowest BCUT2D eigenvalue weighted by atomic mass is 10.1. The Labute approximate surface area is 107 Å². The number of carbonyl (C=O) groups is 3. The van der Waals surface area contributed by atoms with Gasteiger partial charge in [0, 0.05) is 13.1 Å². The van der Waals surface area contributed by atoms with Gasteiger partial charge in [-0.1, -0.05) is 11.6 Å². The van der Waals surface area contributed by atoms with Crippen LogP contribution in [-0.2, 0) is 0 Å². The molecule has 1 atom stereocenters. The third kappa shape index (κ3) is 2.27. The van der Waals surface area contributed by atoms with Crippen LogP contribution in [0.4, 0.5) is 4.79 Å². The molecule has 1 aromatic carbocycles. The van der Waals surface area contributed by atoms with Crippen molar-refractivity contribution < 1.29 is 14.4 Å². The summed E-state index contributed by atoms with van der Waals surface area (Å²) in [5.41, 5.74) is 1.55. The normalized spacial score (nSPS) is 13.8.